The molecule has 0 fully saturated rings. The van der Waals surface area contributed by atoms with Gasteiger partial charge in [0.25, 0.3) is 5.56 Å². The summed E-state index contributed by atoms with van der Waals surface area (Å²) in [5.74, 6) is 0.300. The normalized spacial score (nSPS) is 15.3. The highest BCUT2D eigenvalue weighted by Crippen LogP contribution is 2.30. The Bertz CT molecular complexity index is 1720. The number of ether oxygens (including phenoxy) is 2. The molecule has 0 saturated carbocycles. The number of rotatable bonds is 7. The van der Waals surface area contributed by atoms with Crippen LogP contribution in [0.2, 0.25) is 5.02 Å². The molecule has 4 aromatic rings. The third-order valence-electron chi connectivity index (χ3n) is 5.85. The largest absolute Gasteiger partial charge is 0.484 e. The summed E-state index contributed by atoms with van der Waals surface area (Å²) in [5.41, 5.74) is 1.30. The van der Waals surface area contributed by atoms with Gasteiger partial charge in [0.15, 0.2) is 4.80 Å². The maximum Gasteiger partial charge on any atom is 0.338 e. The summed E-state index contributed by atoms with van der Waals surface area (Å²) in [7, 11) is 0. The number of carbonyl (C=O) groups excluding carboxylic acids is 1. The highest BCUT2D eigenvalue weighted by molar-refractivity contribution is 7.07. The number of esters is 1. The van der Waals surface area contributed by atoms with Crippen LogP contribution in [0.25, 0.3) is 6.08 Å². The van der Waals surface area contributed by atoms with E-state index in [2.05, 4.69) is 4.99 Å². The van der Waals surface area contributed by atoms with Crippen LogP contribution in [0.5, 0.6) is 5.75 Å². The van der Waals surface area contributed by atoms with E-state index >= 15 is 0 Å². The lowest BCUT2D eigenvalue weighted by molar-refractivity contribution is -0.139. The van der Waals surface area contributed by atoms with Gasteiger partial charge in [-0.25, -0.2) is 14.2 Å². The van der Waals surface area contributed by atoms with Gasteiger partial charge in [-0.15, -0.1) is 0 Å². The summed E-state index contributed by atoms with van der Waals surface area (Å²) >= 11 is 7.22. The molecule has 1 aliphatic heterocycles. The van der Waals surface area contributed by atoms with Crippen molar-refractivity contribution in [3.8, 4) is 5.75 Å². The van der Waals surface area contributed by atoms with E-state index in [0.717, 1.165) is 5.56 Å². The SMILES string of the molecule is CCOC(=O)C1=C(C)N=c2sc(=Cc3ccc(COc4ccc(F)cc4Cl)o3)c(=O)n2C1c1ccccc1. The molecule has 0 amide bonds. The van der Waals surface area contributed by atoms with Gasteiger partial charge < -0.3 is 13.9 Å². The Morgan fingerprint density at radius 2 is 2.00 bits per heavy atom. The standard InChI is InChI=1S/C28H22ClFN2O5S/c1-3-35-27(34)24-16(2)31-28-32(25(24)17-7-5-4-6-8-17)26(33)23(38-28)14-19-10-11-20(37-19)15-36-22-12-9-18(30)13-21(22)29/h4-14,25H,3,15H2,1-2H3. The van der Waals surface area contributed by atoms with Gasteiger partial charge >= 0.3 is 5.97 Å². The number of halogens is 2. The average Bonchev–Trinajstić information content (AvgIpc) is 3.47. The first-order valence-electron chi connectivity index (χ1n) is 11.8. The summed E-state index contributed by atoms with van der Waals surface area (Å²) < 4.78 is 31.9. The predicted molar refractivity (Wildman–Crippen MR) is 141 cm³/mol. The predicted octanol–water partition coefficient (Wildman–Crippen LogP) is 4.76. The fraction of sp³-hybridized carbons (Fsp3) is 0.179. The first-order chi connectivity index (χ1) is 18.4. The van der Waals surface area contributed by atoms with E-state index in [4.69, 9.17) is 25.5 Å². The van der Waals surface area contributed by atoms with Crippen molar-refractivity contribution in [3.63, 3.8) is 0 Å². The van der Waals surface area contributed by atoms with Gasteiger partial charge in [-0.05, 0) is 49.7 Å². The second-order valence-electron chi connectivity index (χ2n) is 8.38. The number of thiazole rings is 1. The minimum Gasteiger partial charge on any atom is -0.484 e. The molecular weight excluding hydrogens is 531 g/mol. The van der Waals surface area contributed by atoms with Gasteiger partial charge in [0.1, 0.15) is 29.7 Å². The van der Waals surface area contributed by atoms with Crippen molar-refractivity contribution in [2.75, 3.05) is 6.61 Å². The molecule has 0 saturated heterocycles. The molecule has 5 rings (SSSR count). The molecule has 0 spiro atoms. The molecule has 7 nitrogen and oxygen atoms in total. The highest BCUT2D eigenvalue weighted by atomic mass is 35.5. The lowest BCUT2D eigenvalue weighted by atomic mass is 9.96. The Morgan fingerprint density at radius 3 is 2.74 bits per heavy atom. The number of allylic oxidation sites excluding steroid dienone is 1. The fourth-order valence-corrected chi connectivity index (χ4v) is 5.41. The van der Waals surface area contributed by atoms with Crippen molar-refractivity contribution >= 4 is 35.0 Å². The van der Waals surface area contributed by atoms with E-state index in [-0.39, 0.29) is 23.8 Å². The fourth-order valence-electron chi connectivity index (χ4n) is 4.16. The zero-order valence-corrected chi connectivity index (χ0v) is 22.0. The summed E-state index contributed by atoms with van der Waals surface area (Å²) in [6.07, 6.45) is 1.63. The van der Waals surface area contributed by atoms with Crippen LogP contribution in [0.3, 0.4) is 0 Å². The van der Waals surface area contributed by atoms with Crippen molar-refractivity contribution in [2.24, 2.45) is 4.99 Å². The number of benzene rings is 2. The maximum atomic E-state index is 13.6. The molecule has 1 atom stereocenters. The molecule has 194 valence electrons. The van der Waals surface area contributed by atoms with Crippen LogP contribution in [0.15, 0.2) is 86.1 Å². The number of nitrogens with zero attached hydrogens (tertiary/aromatic N) is 2. The smallest absolute Gasteiger partial charge is 0.338 e. The zero-order valence-electron chi connectivity index (χ0n) is 20.4. The first-order valence-corrected chi connectivity index (χ1v) is 13.0. The van der Waals surface area contributed by atoms with Crippen molar-refractivity contribution in [2.45, 2.75) is 26.5 Å². The van der Waals surface area contributed by atoms with Gasteiger partial charge in [-0.2, -0.15) is 0 Å². The number of hydrogen-bond donors (Lipinski definition) is 0. The second-order valence-corrected chi connectivity index (χ2v) is 9.80. The third-order valence-corrected chi connectivity index (χ3v) is 7.13. The molecule has 2 aromatic carbocycles. The van der Waals surface area contributed by atoms with Crippen molar-refractivity contribution in [1.82, 2.24) is 4.57 Å². The van der Waals surface area contributed by atoms with Crippen LogP contribution >= 0.6 is 22.9 Å². The topological polar surface area (TPSA) is 83.0 Å². The lowest BCUT2D eigenvalue weighted by Gasteiger charge is -2.24. The van der Waals surface area contributed by atoms with Crippen LogP contribution in [0.4, 0.5) is 4.39 Å². The van der Waals surface area contributed by atoms with Crippen LogP contribution in [-0.4, -0.2) is 17.1 Å². The molecule has 1 unspecified atom stereocenters. The maximum absolute atomic E-state index is 13.6. The van der Waals surface area contributed by atoms with Crippen LogP contribution in [0.1, 0.15) is 37.0 Å². The van der Waals surface area contributed by atoms with Gasteiger partial charge in [-0.3, -0.25) is 9.36 Å². The minimum absolute atomic E-state index is 0.0660. The van der Waals surface area contributed by atoms with E-state index < -0.39 is 17.8 Å². The number of fused-ring (bicyclic) bond motifs is 1. The lowest BCUT2D eigenvalue weighted by Crippen LogP contribution is -2.39. The average molecular weight is 553 g/mol. The van der Waals surface area contributed by atoms with Crippen LogP contribution in [-0.2, 0) is 16.1 Å². The Morgan fingerprint density at radius 1 is 1.21 bits per heavy atom. The molecule has 2 aromatic heterocycles. The number of hydrogen-bond acceptors (Lipinski definition) is 7. The molecule has 0 bridgehead atoms. The van der Waals surface area contributed by atoms with Gasteiger partial charge in [0, 0.05) is 6.08 Å². The number of carbonyl (C=O) groups is 1. The molecule has 0 N–H and O–H groups in total. The summed E-state index contributed by atoms with van der Waals surface area (Å²) in [6.45, 7) is 3.75. The van der Waals surface area contributed by atoms with E-state index in [0.29, 0.717) is 37.9 Å². The van der Waals surface area contributed by atoms with Gasteiger partial charge in [-0.1, -0.05) is 53.3 Å². The Balaban J connectivity index is 1.49. The molecule has 0 aliphatic carbocycles. The van der Waals surface area contributed by atoms with E-state index in [9.17, 15) is 14.0 Å². The molecule has 10 heteroatoms. The quantitative estimate of drug-likeness (QED) is 0.309. The minimum atomic E-state index is -0.672. The molecule has 3 heterocycles. The summed E-state index contributed by atoms with van der Waals surface area (Å²) in [4.78, 5) is 31.6. The Labute approximate surface area is 225 Å². The van der Waals surface area contributed by atoms with Crippen LogP contribution < -0.4 is 19.6 Å². The van der Waals surface area contributed by atoms with Crippen molar-refractivity contribution in [1.29, 1.82) is 0 Å². The highest BCUT2D eigenvalue weighted by Gasteiger charge is 2.33. The zero-order chi connectivity index (χ0) is 26.8. The molecule has 0 radical (unpaired) electrons. The summed E-state index contributed by atoms with van der Waals surface area (Å²) in [6, 6.07) is 15.9. The molecule has 1 aliphatic rings. The van der Waals surface area contributed by atoms with E-state index in [1.165, 1.54) is 34.1 Å². The van der Waals surface area contributed by atoms with Crippen LogP contribution in [0, 0.1) is 5.82 Å². The third kappa shape index (κ3) is 5.07. The first kappa shape index (κ1) is 25.7. The van der Waals surface area contributed by atoms with Gasteiger partial charge in [0.05, 0.1) is 33.5 Å². The molecular formula is C28H22ClFN2O5S. The molecule has 38 heavy (non-hydrogen) atoms. The Hall–Kier alpha value is -3.95. The second kappa shape index (κ2) is 10.8. The Kier molecular flexibility index (Phi) is 7.31. The van der Waals surface area contributed by atoms with Crippen molar-refractivity contribution in [3.05, 3.63) is 120 Å². The van der Waals surface area contributed by atoms with E-state index in [1.54, 1.807) is 32.1 Å². The monoisotopic (exact) mass is 552 g/mol. The number of furan rings is 1. The van der Waals surface area contributed by atoms with Crippen molar-refractivity contribution < 1.29 is 23.1 Å². The number of aromatic nitrogens is 1. The van der Waals surface area contributed by atoms with Gasteiger partial charge in [0.2, 0.25) is 0 Å². The van der Waals surface area contributed by atoms with E-state index in [1.807, 2.05) is 30.3 Å². The summed E-state index contributed by atoms with van der Waals surface area (Å²) in [5, 5.41) is 0.156.